The quantitative estimate of drug-likeness (QED) is 0.679. The fraction of sp³-hybridized carbons (Fsp3) is 0.250. The van der Waals surface area contributed by atoms with Gasteiger partial charge < -0.3 is 9.84 Å². The van der Waals surface area contributed by atoms with Crippen molar-refractivity contribution in [3.8, 4) is 0 Å². The van der Waals surface area contributed by atoms with Crippen LogP contribution in [0, 0.1) is 0 Å². The molecule has 0 fully saturated rings. The van der Waals surface area contributed by atoms with E-state index in [9.17, 15) is 9.90 Å². The van der Waals surface area contributed by atoms with Gasteiger partial charge in [0.2, 0.25) is 5.90 Å². The van der Waals surface area contributed by atoms with Crippen molar-refractivity contribution in [2.45, 2.75) is 26.9 Å². The molecule has 2 rings (SSSR count). The Morgan fingerprint density at radius 3 is 2.55 bits per heavy atom. The predicted octanol–water partition coefficient (Wildman–Crippen LogP) is 2.59. The van der Waals surface area contributed by atoms with Gasteiger partial charge >= 0.3 is 5.97 Å². The molecule has 0 bridgehead atoms. The van der Waals surface area contributed by atoms with Gasteiger partial charge in [-0.25, -0.2) is 9.79 Å². The zero-order valence-corrected chi connectivity index (χ0v) is 11.8. The van der Waals surface area contributed by atoms with E-state index in [-0.39, 0.29) is 5.70 Å². The fourth-order valence-corrected chi connectivity index (χ4v) is 1.76. The number of carbonyl (C=O) groups excluding carboxylic acids is 1. The molecule has 0 radical (unpaired) electrons. The summed E-state index contributed by atoms with van der Waals surface area (Å²) in [5.74, 6) is -0.161. The topological polar surface area (TPSA) is 58.9 Å². The summed E-state index contributed by atoms with van der Waals surface area (Å²) in [6.07, 6.45) is 1.09. The summed E-state index contributed by atoms with van der Waals surface area (Å²) >= 11 is 0. The van der Waals surface area contributed by atoms with Crippen molar-refractivity contribution < 1.29 is 14.6 Å². The molecule has 4 heteroatoms. The van der Waals surface area contributed by atoms with Crippen molar-refractivity contribution in [1.82, 2.24) is 0 Å². The molecule has 4 nitrogen and oxygen atoms in total. The normalized spacial score (nSPS) is 19.5. The number of aliphatic imine (C=N–C) groups is 1. The number of hydrogen-bond acceptors (Lipinski definition) is 4. The van der Waals surface area contributed by atoms with Crippen LogP contribution in [0.15, 0.2) is 58.2 Å². The Morgan fingerprint density at radius 2 is 1.95 bits per heavy atom. The Morgan fingerprint density at radius 1 is 1.30 bits per heavy atom. The second kappa shape index (κ2) is 5.84. The molecule has 20 heavy (non-hydrogen) atoms. The molecule has 0 saturated heterocycles. The maximum absolute atomic E-state index is 11.8. The van der Waals surface area contributed by atoms with Gasteiger partial charge in [-0.3, -0.25) is 0 Å². The van der Waals surface area contributed by atoms with Crippen LogP contribution >= 0.6 is 0 Å². The van der Waals surface area contributed by atoms with Crippen LogP contribution in [-0.4, -0.2) is 23.1 Å². The van der Waals surface area contributed by atoms with Gasteiger partial charge in [-0.05, 0) is 50.1 Å². The second-order valence-electron chi connectivity index (χ2n) is 4.74. The maximum atomic E-state index is 11.8. The minimum atomic E-state index is -0.554. The smallest absolute Gasteiger partial charge is 0.363 e. The number of benzene rings is 1. The third-order valence-electron chi connectivity index (χ3n) is 3.24. The fourth-order valence-electron chi connectivity index (χ4n) is 1.76. The Bertz CT molecular complexity index is 610. The van der Waals surface area contributed by atoms with Crippen LogP contribution in [0.4, 0.5) is 0 Å². The standard InChI is InChI=1S/C16H17NO3/c1-10(11(2)12(3)18)9-14-16(19)20-15(17-14)13-7-5-4-6-8-13/h4-9,12,18H,1-3H3/b11-10+,14-9-/t12-/m1/s1. The van der Waals surface area contributed by atoms with Crippen LogP contribution in [0.25, 0.3) is 0 Å². The van der Waals surface area contributed by atoms with Crippen molar-refractivity contribution in [2.75, 3.05) is 0 Å². The third kappa shape index (κ3) is 3.03. The van der Waals surface area contributed by atoms with Gasteiger partial charge in [0.1, 0.15) is 0 Å². The summed E-state index contributed by atoms with van der Waals surface area (Å²) in [4.78, 5) is 16.0. The number of carbonyl (C=O) groups is 1. The van der Waals surface area contributed by atoms with Crippen molar-refractivity contribution in [2.24, 2.45) is 4.99 Å². The molecule has 0 aliphatic carbocycles. The molecule has 104 valence electrons. The highest BCUT2D eigenvalue weighted by Gasteiger charge is 2.24. The second-order valence-corrected chi connectivity index (χ2v) is 4.74. The minimum Gasteiger partial charge on any atom is -0.402 e. The molecule has 1 aliphatic rings. The van der Waals surface area contributed by atoms with Crippen molar-refractivity contribution >= 4 is 11.9 Å². The summed E-state index contributed by atoms with van der Waals surface area (Å²) in [7, 11) is 0. The van der Waals surface area contributed by atoms with Crippen molar-refractivity contribution in [1.29, 1.82) is 0 Å². The van der Waals surface area contributed by atoms with Gasteiger partial charge in [0.25, 0.3) is 0 Å². The average Bonchev–Trinajstić information content (AvgIpc) is 2.80. The number of aliphatic hydroxyl groups is 1. The molecular weight excluding hydrogens is 254 g/mol. The Hall–Kier alpha value is -2.20. The van der Waals surface area contributed by atoms with Crippen LogP contribution in [0.1, 0.15) is 26.3 Å². The molecule has 1 heterocycles. The summed E-state index contributed by atoms with van der Waals surface area (Å²) in [6.45, 7) is 5.33. The van der Waals surface area contributed by atoms with Gasteiger partial charge in [0.15, 0.2) is 5.70 Å². The van der Waals surface area contributed by atoms with E-state index in [1.54, 1.807) is 13.0 Å². The monoisotopic (exact) mass is 271 g/mol. The van der Waals surface area contributed by atoms with E-state index in [0.717, 1.165) is 16.7 Å². The van der Waals surface area contributed by atoms with E-state index >= 15 is 0 Å². The largest absolute Gasteiger partial charge is 0.402 e. The van der Waals surface area contributed by atoms with E-state index in [2.05, 4.69) is 4.99 Å². The van der Waals surface area contributed by atoms with Crippen LogP contribution in [0.5, 0.6) is 0 Å². The molecule has 0 unspecified atom stereocenters. The first-order chi connectivity index (χ1) is 9.49. The lowest BCUT2D eigenvalue weighted by Crippen LogP contribution is -2.05. The zero-order chi connectivity index (χ0) is 14.7. The number of allylic oxidation sites excluding steroid dienone is 2. The molecule has 1 aliphatic heterocycles. The average molecular weight is 271 g/mol. The van der Waals surface area contributed by atoms with Gasteiger partial charge in [-0.15, -0.1) is 0 Å². The number of aliphatic hydroxyl groups excluding tert-OH is 1. The SMILES string of the molecule is CC(/C=C1\N=C(c2ccccc2)OC1=O)=C(/C)[C@@H](C)O. The highest BCUT2D eigenvalue weighted by Crippen LogP contribution is 2.19. The third-order valence-corrected chi connectivity index (χ3v) is 3.24. The van der Waals surface area contributed by atoms with E-state index in [4.69, 9.17) is 4.74 Å². The molecule has 0 aromatic heterocycles. The number of cyclic esters (lactones) is 1. The molecule has 1 aromatic rings. The first-order valence-corrected chi connectivity index (χ1v) is 6.42. The van der Waals surface area contributed by atoms with Crippen molar-refractivity contribution in [3.63, 3.8) is 0 Å². The predicted molar refractivity (Wildman–Crippen MR) is 77.2 cm³/mol. The van der Waals surface area contributed by atoms with Crippen LogP contribution in [0.3, 0.4) is 0 Å². The van der Waals surface area contributed by atoms with E-state index in [0.29, 0.717) is 5.90 Å². The zero-order valence-electron chi connectivity index (χ0n) is 11.8. The molecule has 1 aromatic carbocycles. The maximum Gasteiger partial charge on any atom is 0.363 e. The van der Waals surface area contributed by atoms with Gasteiger partial charge in [-0.2, -0.15) is 0 Å². The first kappa shape index (κ1) is 14.2. The minimum absolute atomic E-state index is 0.251. The Labute approximate surface area is 118 Å². The van der Waals surface area contributed by atoms with Crippen molar-refractivity contribution in [3.05, 3.63) is 58.8 Å². The lowest BCUT2D eigenvalue weighted by Gasteiger charge is -2.06. The van der Waals surface area contributed by atoms with E-state index in [1.165, 1.54) is 0 Å². The number of ether oxygens (including phenoxy) is 1. The summed E-state index contributed by atoms with van der Waals surface area (Å²) in [5, 5.41) is 9.52. The Kier molecular flexibility index (Phi) is 4.15. The lowest BCUT2D eigenvalue weighted by molar-refractivity contribution is -0.130. The number of hydrogen-bond donors (Lipinski definition) is 1. The molecule has 0 saturated carbocycles. The van der Waals surface area contributed by atoms with Gasteiger partial charge in [0, 0.05) is 5.56 Å². The van der Waals surface area contributed by atoms with Gasteiger partial charge in [-0.1, -0.05) is 18.2 Å². The first-order valence-electron chi connectivity index (χ1n) is 6.42. The number of nitrogens with zero attached hydrogens (tertiary/aromatic N) is 1. The lowest BCUT2D eigenvalue weighted by atomic mass is 10.1. The molecule has 1 atom stereocenters. The highest BCUT2D eigenvalue weighted by atomic mass is 16.6. The summed E-state index contributed by atoms with van der Waals surface area (Å²) < 4.78 is 5.16. The summed E-state index contributed by atoms with van der Waals surface area (Å²) in [6, 6.07) is 9.26. The van der Waals surface area contributed by atoms with Crippen LogP contribution in [-0.2, 0) is 9.53 Å². The molecule has 1 N–H and O–H groups in total. The number of esters is 1. The van der Waals surface area contributed by atoms with E-state index < -0.39 is 12.1 Å². The number of rotatable bonds is 3. The Balaban J connectivity index is 2.33. The van der Waals surface area contributed by atoms with Crippen LogP contribution < -0.4 is 0 Å². The molecule has 0 amide bonds. The molecule has 0 spiro atoms. The van der Waals surface area contributed by atoms with E-state index in [1.807, 2.05) is 44.2 Å². The van der Waals surface area contributed by atoms with Crippen LogP contribution in [0.2, 0.25) is 0 Å². The van der Waals surface area contributed by atoms with Gasteiger partial charge in [0.05, 0.1) is 6.10 Å². The highest BCUT2D eigenvalue weighted by molar-refractivity contribution is 6.11. The summed E-state index contributed by atoms with van der Waals surface area (Å²) in [5.41, 5.74) is 2.62. The molecular formula is C16H17NO3.